The van der Waals surface area contributed by atoms with E-state index in [0.717, 1.165) is 18.6 Å². The third-order valence-corrected chi connectivity index (χ3v) is 4.04. The highest BCUT2D eigenvalue weighted by Crippen LogP contribution is 2.36. The van der Waals surface area contributed by atoms with Crippen molar-refractivity contribution in [2.75, 3.05) is 6.61 Å². The molecule has 0 spiro atoms. The minimum atomic E-state index is -1.05. The van der Waals surface area contributed by atoms with E-state index < -0.39 is 5.97 Å². The Morgan fingerprint density at radius 2 is 1.92 bits per heavy atom. The van der Waals surface area contributed by atoms with Crippen LogP contribution in [-0.2, 0) is 0 Å². The third kappa shape index (κ3) is 3.53. The molecule has 1 fully saturated rings. The Morgan fingerprint density at radius 3 is 2.50 bits per heavy atom. The molecule has 2 aromatic rings. The molecule has 0 radical (unpaired) electrons. The van der Waals surface area contributed by atoms with E-state index in [2.05, 4.69) is 10.3 Å². The maximum atomic E-state index is 12.4. The van der Waals surface area contributed by atoms with E-state index in [1.165, 1.54) is 12.1 Å². The van der Waals surface area contributed by atoms with E-state index in [4.69, 9.17) is 9.84 Å². The number of carboxylic acids is 1. The number of rotatable bonds is 6. The van der Waals surface area contributed by atoms with Gasteiger partial charge in [-0.2, -0.15) is 0 Å². The van der Waals surface area contributed by atoms with Gasteiger partial charge in [-0.15, -0.1) is 0 Å². The van der Waals surface area contributed by atoms with Crippen molar-refractivity contribution in [3.63, 3.8) is 0 Å². The maximum absolute atomic E-state index is 12.4. The minimum absolute atomic E-state index is 0.0973. The van der Waals surface area contributed by atoms with Crippen LogP contribution >= 0.6 is 0 Å². The van der Waals surface area contributed by atoms with Crippen LogP contribution in [0.2, 0.25) is 0 Å². The van der Waals surface area contributed by atoms with Crippen molar-refractivity contribution in [3.05, 3.63) is 59.4 Å². The summed E-state index contributed by atoms with van der Waals surface area (Å²) in [5.74, 6) is -0.608. The summed E-state index contributed by atoms with van der Waals surface area (Å²) in [7, 11) is 0. The zero-order valence-electron chi connectivity index (χ0n) is 13.3. The summed E-state index contributed by atoms with van der Waals surface area (Å²) in [6.45, 7) is 1.97. The number of benzene rings is 1. The van der Waals surface area contributed by atoms with E-state index in [-0.39, 0.29) is 22.7 Å². The molecular weight excluding hydrogens is 308 g/mol. The van der Waals surface area contributed by atoms with Crippen molar-refractivity contribution in [2.24, 2.45) is 0 Å². The van der Waals surface area contributed by atoms with Crippen LogP contribution in [-0.4, -0.2) is 34.1 Å². The van der Waals surface area contributed by atoms with Crippen molar-refractivity contribution in [2.45, 2.75) is 25.3 Å². The molecule has 1 saturated carbocycles. The topological polar surface area (TPSA) is 88.5 Å². The molecule has 24 heavy (non-hydrogen) atoms. The number of nitrogens with one attached hydrogen (secondary N) is 1. The number of amides is 1. The fourth-order valence-electron chi connectivity index (χ4n) is 2.41. The first-order valence-electron chi connectivity index (χ1n) is 7.70. The summed E-state index contributed by atoms with van der Waals surface area (Å²) < 4.78 is 5.73. The number of pyridine rings is 1. The molecule has 0 unspecified atom stereocenters. The molecule has 0 bridgehead atoms. The zero-order valence-corrected chi connectivity index (χ0v) is 13.3. The molecule has 0 atom stereocenters. The third-order valence-electron chi connectivity index (χ3n) is 4.04. The van der Waals surface area contributed by atoms with Gasteiger partial charge in [0.25, 0.3) is 5.91 Å². The summed E-state index contributed by atoms with van der Waals surface area (Å²) in [4.78, 5) is 27.5. The second-order valence-corrected chi connectivity index (χ2v) is 5.97. The van der Waals surface area contributed by atoms with Gasteiger partial charge in [0.1, 0.15) is 18.1 Å². The van der Waals surface area contributed by atoms with E-state index in [0.29, 0.717) is 12.3 Å². The molecule has 6 heteroatoms. The molecule has 2 N–H and O–H groups in total. The lowest BCUT2D eigenvalue weighted by atomic mass is 10.1. The van der Waals surface area contributed by atoms with Crippen LogP contribution in [0.5, 0.6) is 5.75 Å². The van der Waals surface area contributed by atoms with Gasteiger partial charge in [-0.1, -0.05) is 18.2 Å². The largest absolute Gasteiger partial charge is 0.491 e. The molecule has 6 nitrogen and oxygen atoms in total. The van der Waals surface area contributed by atoms with Crippen molar-refractivity contribution in [1.29, 1.82) is 0 Å². The molecule has 1 aliphatic carbocycles. The van der Waals surface area contributed by atoms with Gasteiger partial charge in [0.05, 0.1) is 16.8 Å². The Labute approximate surface area is 139 Å². The minimum Gasteiger partial charge on any atom is -0.491 e. The Bertz CT molecular complexity index is 770. The number of carbonyl (C=O) groups is 2. The first-order chi connectivity index (χ1) is 11.5. The number of hydrogen-bond donors (Lipinski definition) is 2. The lowest BCUT2D eigenvalue weighted by Crippen LogP contribution is -2.41. The van der Waals surface area contributed by atoms with E-state index in [1.54, 1.807) is 6.92 Å². The van der Waals surface area contributed by atoms with Crippen LogP contribution in [0.1, 0.15) is 39.4 Å². The fraction of sp³-hybridized carbons (Fsp3) is 0.278. The number of hydrogen-bond acceptors (Lipinski definition) is 4. The standard InChI is InChI=1S/C18H18N2O4/c1-12-14(17(22)23)7-8-15(19-12)16(21)20-18(9-10-18)11-24-13-5-3-2-4-6-13/h2-8H,9-11H2,1H3,(H,20,21)(H,22,23). The number of carboxylic acid groups (broad SMARTS) is 1. The van der Waals surface area contributed by atoms with Crippen molar-refractivity contribution >= 4 is 11.9 Å². The van der Waals surface area contributed by atoms with Gasteiger partial charge >= 0.3 is 5.97 Å². The Kier molecular flexibility index (Phi) is 4.20. The van der Waals surface area contributed by atoms with Gasteiger partial charge in [0.15, 0.2) is 0 Å². The average molecular weight is 326 g/mol. The molecule has 1 aliphatic rings. The molecule has 1 amide bonds. The lowest BCUT2D eigenvalue weighted by Gasteiger charge is -2.18. The Hall–Kier alpha value is -2.89. The number of nitrogens with zero attached hydrogens (tertiary/aromatic N) is 1. The number of aryl methyl sites for hydroxylation is 1. The Balaban J connectivity index is 1.64. The van der Waals surface area contributed by atoms with E-state index >= 15 is 0 Å². The molecule has 124 valence electrons. The molecule has 1 heterocycles. The fourth-order valence-corrected chi connectivity index (χ4v) is 2.41. The van der Waals surface area contributed by atoms with Crippen LogP contribution in [0.15, 0.2) is 42.5 Å². The second-order valence-electron chi connectivity index (χ2n) is 5.97. The average Bonchev–Trinajstić information content (AvgIpc) is 3.33. The maximum Gasteiger partial charge on any atom is 0.337 e. The number of carbonyl (C=O) groups excluding carboxylic acids is 1. The number of aromatic carboxylic acids is 1. The molecular formula is C18H18N2O4. The quantitative estimate of drug-likeness (QED) is 0.851. The summed E-state index contributed by atoms with van der Waals surface area (Å²) in [5, 5.41) is 12.0. The summed E-state index contributed by atoms with van der Waals surface area (Å²) in [6.07, 6.45) is 1.69. The van der Waals surface area contributed by atoms with Gasteiger partial charge in [-0.25, -0.2) is 9.78 Å². The van der Waals surface area contributed by atoms with Gasteiger partial charge < -0.3 is 15.2 Å². The highest BCUT2D eigenvalue weighted by molar-refractivity contribution is 5.95. The summed E-state index contributed by atoms with van der Waals surface area (Å²) in [6, 6.07) is 12.3. The van der Waals surface area contributed by atoms with Gasteiger partial charge in [-0.05, 0) is 44.0 Å². The number of aromatic nitrogens is 1. The van der Waals surface area contributed by atoms with Crippen molar-refractivity contribution in [1.82, 2.24) is 10.3 Å². The van der Waals surface area contributed by atoms with Crippen molar-refractivity contribution in [3.8, 4) is 5.75 Å². The molecule has 3 rings (SSSR count). The highest BCUT2D eigenvalue weighted by Gasteiger charge is 2.45. The second kappa shape index (κ2) is 6.31. The summed E-state index contributed by atoms with van der Waals surface area (Å²) in [5.41, 5.74) is 0.262. The van der Waals surface area contributed by atoms with Gasteiger partial charge in [0.2, 0.25) is 0 Å². The van der Waals surface area contributed by atoms with Gasteiger partial charge in [0, 0.05) is 0 Å². The summed E-state index contributed by atoms with van der Waals surface area (Å²) >= 11 is 0. The monoisotopic (exact) mass is 326 g/mol. The number of para-hydroxylation sites is 1. The van der Waals surface area contributed by atoms with Crippen LogP contribution in [0.4, 0.5) is 0 Å². The van der Waals surface area contributed by atoms with Crippen LogP contribution < -0.4 is 10.1 Å². The first kappa shape index (κ1) is 16.0. The highest BCUT2D eigenvalue weighted by atomic mass is 16.5. The van der Waals surface area contributed by atoms with Crippen molar-refractivity contribution < 1.29 is 19.4 Å². The van der Waals surface area contributed by atoms with Gasteiger partial charge in [-0.3, -0.25) is 4.79 Å². The predicted octanol–water partition coefficient (Wildman–Crippen LogP) is 2.43. The first-order valence-corrected chi connectivity index (χ1v) is 7.70. The molecule has 1 aromatic heterocycles. The lowest BCUT2D eigenvalue weighted by molar-refractivity contribution is 0.0694. The van der Waals surface area contributed by atoms with Crippen LogP contribution in [0.3, 0.4) is 0 Å². The normalized spacial score (nSPS) is 14.7. The SMILES string of the molecule is Cc1nc(C(=O)NC2(COc3ccccc3)CC2)ccc1C(=O)O. The molecule has 0 aliphatic heterocycles. The van der Waals surface area contributed by atoms with Crippen LogP contribution in [0.25, 0.3) is 0 Å². The number of ether oxygens (including phenoxy) is 1. The predicted molar refractivity (Wildman–Crippen MR) is 87.3 cm³/mol. The zero-order chi connectivity index (χ0) is 17.2. The molecule has 1 aromatic carbocycles. The van der Waals surface area contributed by atoms with E-state index in [1.807, 2.05) is 30.3 Å². The smallest absolute Gasteiger partial charge is 0.337 e. The van der Waals surface area contributed by atoms with Crippen LogP contribution in [0, 0.1) is 6.92 Å². The van der Waals surface area contributed by atoms with E-state index in [9.17, 15) is 9.59 Å². The Morgan fingerprint density at radius 1 is 1.21 bits per heavy atom. The molecule has 0 saturated heterocycles.